The Morgan fingerprint density at radius 2 is 1.09 bits per heavy atom. The van der Waals surface area contributed by atoms with Crippen molar-refractivity contribution < 1.29 is 19.1 Å². The van der Waals surface area contributed by atoms with Gasteiger partial charge >= 0.3 is 11.9 Å². The molecule has 0 amide bonds. The summed E-state index contributed by atoms with van der Waals surface area (Å²) in [6, 6.07) is 7.74. The van der Waals surface area contributed by atoms with Crippen LogP contribution in [0.2, 0.25) is 0 Å². The highest BCUT2D eigenvalue weighted by Crippen LogP contribution is 2.22. The van der Waals surface area contributed by atoms with Crippen LogP contribution in [0.5, 0.6) is 0 Å². The number of hydrogen-bond acceptors (Lipinski definition) is 6. The number of benzene rings is 1. The Labute approximate surface area is 340 Å². The lowest BCUT2D eigenvalue weighted by Gasteiger charge is -2.27. The number of carbonyl (C=O) groups excluding carboxylic acids is 2. The molecule has 0 aliphatic carbocycles. The first-order valence-corrected chi connectivity index (χ1v) is 23.2. The summed E-state index contributed by atoms with van der Waals surface area (Å²) in [5.74, 6) is 6.62. The van der Waals surface area contributed by atoms with Gasteiger partial charge in [-0.25, -0.2) is 4.79 Å². The molecule has 2 unspecified atom stereocenters. The molecule has 6 nitrogen and oxygen atoms in total. The Balaban J connectivity index is 2.83. The average Bonchev–Trinajstić information content (AvgIpc) is 3.19. The minimum Gasteiger partial charge on any atom is -0.462 e. The molecule has 0 spiro atoms. The van der Waals surface area contributed by atoms with Gasteiger partial charge in [0.05, 0.1) is 11.6 Å². The fraction of sp³-hybridized carbons (Fsp3) is 0.796. The van der Waals surface area contributed by atoms with Gasteiger partial charge in [0.15, 0.2) is 0 Å². The van der Waals surface area contributed by atoms with E-state index in [1.165, 1.54) is 96.3 Å². The van der Waals surface area contributed by atoms with Crippen LogP contribution in [0.4, 0.5) is 0 Å². The van der Waals surface area contributed by atoms with Crippen LogP contribution in [0, 0.1) is 11.8 Å². The van der Waals surface area contributed by atoms with Crippen LogP contribution in [0.1, 0.15) is 224 Å². The Kier molecular flexibility index (Phi) is 32.1. The Morgan fingerprint density at radius 3 is 1.58 bits per heavy atom. The second-order valence-corrected chi connectivity index (χ2v) is 15.9. The van der Waals surface area contributed by atoms with Gasteiger partial charge in [0.25, 0.3) is 0 Å². The minimum absolute atomic E-state index is 0.0352. The van der Waals surface area contributed by atoms with Crippen molar-refractivity contribution in [3.05, 3.63) is 35.4 Å². The third kappa shape index (κ3) is 25.5. The molecule has 55 heavy (non-hydrogen) atoms. The fourth-order valence-electron chi connectivity index (χ4n) is 7.24. The van der Waals surface area contributed by atoms with Gasteiger partial charge in [0, 0.05) is 25.9 Å². The van der Waals surface area contributed by atoms with Crippen LogP contribution in [-0.4, -0.2) is 67.2 Å². The van der Waals surface area contributed by atoms with E-state index >= 15 is 0 Å². The predicted molar refractivity (Wildman–Crippen MR) is 235 cm³/mol. The summed E-state index contributed by atoms with van der Waals surface area (Å²) >= 11 is 0. The zero-order valence-electron chi connectivity index (χ0n) is 37.1. The maximum Gasteiger partial charge on any atom is 0.338 e. The Hall–Kier alpha value is -2.36. The van der Waals surface area contributed by atoms with Crippen molar-refractivity contribution in [1.82, 2.24) is 9.80 Å². The second kappa shape index (κ2) is 34.9. The first kappa shape index (κ1) is 50.7. The normalized spacial score (nSPS) is 12.5. The van der Waals surface area contributed by atoms with Gasteiger partial charge < -0.3 is 14.4 Å². The first-order valence-electron chi connectivity index (χ1n) is 23.2. The zero-order chi connectivity index (χ0) is 40.4. The summed E-state index contributed by atoms with van der Waals surface area (Å²) in [6.45, 7) is 17.1. The van der Waals surface area contributed by atoms with Crippen LogP contribution in [0.3, 0.4) is 0 Å². The minimum atomic E-state index is -0.241. The molecule has 0 aliphatic heterocycles. The van der Waals surface area contributed by atoms with Crippen molar-refractivity contribution in [2.45, 2.75) is 220 Å². The molecule has 0 bridgehead atoms. The van der Waals surface area contributed by atoms with E-state index in [9.17, 15) is 9.59 Å². The molecule has 1 aromatic rings. The molecule has 0 aromatic heterocycles. The van der Waals surface area contributed by atoms with E-state index in [-0.39, 0.29) is 30.2 Å². The molecule has 0 saturated heterocycles. The number of rotatable bonds is 35. The van der Waals surface area contributed by atoms with E-state index < -0.39 is 0 Å². The maximum atomic E-state index is 13.1. The van der Waals surface area contributed by atoms with Crippen molar-refractivity contribution in [2.75, 3.05) is 33.2 Å². The van der Waals surface area contributed by atoms with Crippen LogP contribution in [0.25, 0.3) is 0 Å². The number of likely N-dealkylation sites (N-methyl/N-ethyl adjacent to an activating group) is 2. The van der Waals surface area contributed by atoms with Crippen molar-refractivity contribution in [3.8, 4) is 11.8 Å². The molecule has 0 saturated carbocycles. The average molecular weight is 767 g/mol. The molecule has 1 rings (SSSR count). The summed E-state index contributed by atoms with van der Waals surface area (Å²) in [6.07, 6.45) is 28.0. The smallest absolute Gasteiger partial charge is 0.338 e. The zero-order valence-corrected chi connectivity index (χ0v) is 37.1. The Bertz CT molecular complexity index is 1110. The van der Waals surface area contributed by atoms with Gasteiger partial charge in [-0.15, -0.1) is 5.92 Å². The SMILES string of the molecule is CCCCCCCCC(CCCCCCCC)OC(=O)CCCC#CC(c1ccc(C(=O)OC(CC)CCCCCCCC)cc1)N(C)CCN(CC)CC. The van der Waals surface area contributed by atoms with Crippen LogP contribution >= 0.6 is 0 Å². The molecule has 2 atom stereocenters. The number of unbranched alkanes of at least 4 members (excludes halogenated alkanes) is 16. The molecule has 0 N–H and O–H groups in total. The largest absolute Gasteiger partial charge is 0.462 e. The lowest BCUT2D eigenvalue weighted by atomic mass is 10.0. The first-order chi connectivity index (χ1) is 26.8. The van der Waals surface area contributed by atoms with Crippen LogP contribution in [0.15, 0.2) is 24.3 Å². The van der Waals surface area contributed by atoms with Gasteiger partial charge in [0.1, 0.15) is 12.2 Å². The number of carbonyl (C=O) groups is 2. The van der Waals surface area contributed by atoms with Gasteiger partial charge in [-0.1, -0.05) is 156 Å². The van der Waals surface area contributed by atoms with E-state index in [0.717, 1.165) is 76.7 Å². The number of nitrogens with zero attached hydrogens (tertiary/aromatic N) is 2. The molecule has 0 fully saturated rings. The fourth-order valence-corrected chi connectivity index (χ4v) is 7.24. The van der Waals surface area contributed by atoms with Gasteiger partial charge in [-0.05, 0) is 89.2 Å². The van der Waals surface area contributed by atoms with E-state index in [4.69, 9.17) is 9.47 Å². The summed E-state index contributed by atoms with van der Waals surface area (Å²) < 4.78 is 12.0. The highest BCUT2D eigenvalue weighted by molar-refractivity contribution is 5.89. The predicted octanol–water partition coefficient (Wildman–Crippen LogP) is 13.3. The maximum absolute atomic E-state index is 13.1. The standard InChI is InChI=1S/C49H86N2O4/c1-8-14-17-20-23-27-32-45(11-4)55-49(53)44-39-37-43(38-40-44)47(50(7)41-42-51(12-5)13-6)35-30-26-31-36-48(52)54-46(33-28-24-21-18-15-9-2)34-29-25-22-19-16-10-3/h37-40,45-47H,8-29,31-34,36,41-42H2,1-7H3. The molecule has 0 radical (unpaired) electrons. The van der Waals surface area contributed by atoms with E-state index in [1.807, 2.05) is 24.3 Å². The van der Waals surface area contributed by atoms with E-state index in [0.29, 0.717) is 24.8 Å². The summed E-state index contributed by atoms with van der Waals surface area (Å²) in [5, 5.41) is 0. The van der Waals surface area contributed by atoms with Gasteiger partial charge in [-0.2, -0.15) is 0 Å². The van der Waals surface area contributed by atoms with E-state index in [1.54, 1.807) is 0 Å². The lowest BCUT2D eigenvalue weighted by molar-refractivity contribution is -0.150. The van der Waals surface area contributed by atoms with Crippen LogP contribution < -0.4 is 0 Å². The van der Waals surface area contributed by atoms with Gasteiger partial charge in [0.2, 0.25) is 0 Å². The molecule has 0 aliphatic rings. The monoisotopic (exact) mass is 767 g/mol. The summed E-state index contributed by atoms with van der Waals surface area (Å²) in [5.41, 5.74) is 1.66. The highest BCUT2D eigenvalue weighted by Gasteiger charge is 2.19. The third-order valence-electron chi connectivity index (χ3n) is 11.2. The lowest BCUT2D eigenvalue weighted by Crippen LogP contribution is -2.34. The van der Waals surface area contributed by atoms with Crippen molar-refractivity contribution in [3.63, 3.8) is 0 Å². The quantitative estimate of drug-likeness (QED) is 0.0389. The van der Waals surface area contributed by atoms with Crippen LogP contribution in [-0.2, 0) is 14.3 Å². The molecular weight excluding hydrogens is 681 g/mol. The number of ether oxygens (including phenoxy) is 2. The van der Waals surface area contributed by atoms with Crippen molar-refractivity contribution in [2.24, 2.45) is 0 Å². The number of hydrogen-bond donors (Lipinski definition) is 0. The van der Waals surface area contributed by atoms with E-state index in [2.05, 4.69) is 70.2 Å². The molecule has 6 heteroatoms. The Morgan fingerprint density at radius 1 is 0.600 bits per heavy atom. The van der Waals surface area contributed by atoms with Gasteiger partial charge in [-0.3, -0.25) is 9.69 Å². The third-order valence-corrected chi connectivity index (χ3v) is 11.2. The molecular formula is C49H86N2O4. The molecule has 316 valence electrons. The highest BCUT2D eigenvalue weighted by atomic mass is 16.5. The second-order valence-electron chi connectivity index (χ2n) is 15.9. The number of esters is 2. The summed E-state index contributed by atoms with van der Waals surface area (Å²) in [7, 11) is 2.13. The molecule has 0 heterocycles. The van der Waals surface area contributed by atoms with Crippen molar-refractivity contribution >= 4 is 11.9 Å². The van der Waals surface area contributed by atoms with Crippen molar-refractivity contribution in [1.29, 1.82) is 0 Å². The molecule has 1 aromatic carbocycles. The summed E-state index contributed by atoms with van der Waals surface area (Å²) in [4.78, 5) is 30.8. The topological polar surface area (TPSA) is 59.1 Å².